The molecule has 0 saturated carbocycles. The Morgan fingerprint density at radius 1 is 1.33 bits per heavy atom. The number of rotatable bonds is 1. The summed E-state index contributed by atoms with van der Waals surface area (Å²) in [6.07, 6.45) is -1.36. The van der Waals surface area contributed by atoms with Gasteiger partial charge in [0.25, 0.3) is 0 Å². The molecule has 0 fully saturated rings. The lowest BCUT2D eigenvalue weighted by atomic mass is 10.1. The molecular formula is C12H8F3N3. The van der Waals surface area contributed by atoms with E-state index < -0.39 is 17.3 Å². The molecule has 0 aliphatic heterocycles. The van der Waals surface area contributed by atoms with Crippen LogP contribution in [0.15, 0.2) is 30.6 Å². The summed E-state index contributed by atoms with van der Waals surface area (Å²) in [5, 5.41) is 8.80. The molecule has 6 heteroatoms. The van der Waals surface area contributed by atoms with E-state index in [9.17, 15) is 13.2 Å². The van der Waals surface area contributed by atoms with Crippen LogP contribution < -0.4 is 0 Å². The summed E-state index contributed by atoms with van der Waals surface area (Å²) < 4.78 is 39.5. The maximum absolute atomic E-state index is 12.6. The van der Waals surface area contributed by atoms with Crippen LogP contribution in [0, 0.1) is 18.3 Å². The van der Waals surface area contributed by atoms with Crippen molar-refractivity contribution in [3.8, 4) is 11.8 Å². The van der Waals surface area contributed by atoms with E-state index in [-0.39, 0.29) is 0 Å². The van der Waals surface area contributed by atoms with E-state index in [1.165, 1.54) is 12.1 Å². The van der Waals surface area contributed by atoms with Gasteiger partial charge in [-0.15, -0.1) is 0 Å². The summed E-state index contributed by atoms with van der Waals surface area (Å²) in [5.41, 5.74) is -0.839. The topological polar surface area (TPSA) is 41.6 Å². The normalized spacial score (nSPS) is 11.3. The summed E-state index contributed by atoms with van der Waals surface area (Å²) in [7, 11) is 0. The Morgan fingerprint density at radius 3 is 2.56 bits per heavy atom. The van der Waals surface area contributed by atoms with Crippen LogP contribution in [0.5, 0.6) is 0 Å². The summed E-state index contributed by atoms with van der Waals surface area (Å²) >= 11 is 0. The van der Waals surface area contributed by atoms with Crippen LogP contribution in [0.1, 0.15) is 17.0 Å². The van der Waals surface area contributed by atoms with Crippen molar-refractivity contribution >= 4 is 0 Å². The molecule has 0 spiro atoms. The van der Waals surface area contributed by atoms with Crippen molar-refractivity contribution < 1.29 is 13.2 Å². The lowest BCUT2D eigenvalue weighted by Crippen LogP contribution is -2.08. The molecule has 1 heterocycles. The standard InChI is InChI=1S/C12H8F3N3/c1-8-17-4-5-18(8)10-2-3-11(12(13,14)15)9(6-10)7-16/h2-6H,1H3. The molecule has 0 aliphatic rings. The second-order valence-corrected chi connectivity index (χ2v) is 3.68. The molecule has 2 aromatic rings. The molecule has 1 aromatic carbocycles. The first-order valence-electron chi connectivity index (χ1n) is 5.05. The molecule has 1 aromatic heterocycles. The fourth-order valence-electron chi connectivity index (χ4n) is 1.67. The van der Waals surface area contributed by atoms with Gasteiger partial charge in [0.2, 0.25) is 0 Å². The number of hydrogen-bond donors (Lipinski definition) is 0. The molecule has 0 N–H and O–H groups in total. The zero-order chi connectivity index (χ0) is 13.3. The largest absolute Gasteiger partial charge is 0.417 e. The molecule has 0 bridgehead atoms. The number of imidazole rings is 1. The number of aryl methyl sites for hydroxylation is 1. The van der Waals surface area contributed by atoms with Gasteiger partial charge in [-0.1, -0.05) is 0 Å². The highest BCUT2D eigenvalue weighted by atomic mass is 19.4. The molecule has 2 rings (SSSR count). The maximum atomic E-state index is 12.6. The van der Waals surface area contributed by atoms with E-state index in [2.05, 4.69) is 4.98 Å². The van der Waals surface area contributed by atoms with E-state index in [1.54, 1.807) is 30.0 Å². The Bertz CT molecular complexity index is 620. The van der Waals surface area contributed by atoms with E-state index in [4.69, 9.17) is 5.26 Å². The zero-order valence-electron chi connectivity index (χ0n) is 9.36. The number of aromatic nitrogens is 2. The number of hydrogen-bond acceptors (Lipinski definition) is 2. The molecule has 92 valence electrons. The summed E-state index contributed by atoms with van der Waals surface area (Å²) in [6, 6.07) is 5.00. The molecule has 0 unspecified atom stereocenters. The van der Waals surface area contributed by atoms with Crippen LogP contribution in [0.4, 0.5) is 13.2 Å². The van der Waals surface area contributed by atoms with Gasteiger partial charge in [0.1, 0.15) is 5.82 Å². The Kier molecular flexibility index (Phi) is 2.83. The SMILES string of the molecule is Cc1nccn1-c1ccc(C(F)(F)F)c(C#N)c1. The first-order valence-corrected chi connectivity index (χ1v) is 5.05. The predicted molar refractivity (Wildman–Crippen MR) is 58.0 cm³/mol. The number of nitriles is 1. The quantitative estimate of drug-likeness (QED) is 0.781. The van der Waals surface area contributed by atoms with Crippen LogP contribution in [0.3, 0.4) is 0 Å². The highest BCUT2D eigenvalue weighted by molar-refractivity contribution is 5.48. The Morgan fingerprint density at radius 2 is 2.06 bits per heavy atom. The minimum Gasteiger partial charge on any atom is -0.304 e. The van der Waals surface area contributed by atoms with E-state index >= 15 is 0 Å². The third-order valence-corrected chi connectivity index (χ3v) is 2.53. The summed E-state index contributed by atoms with van der Waals surface area (Å²) in [4.78, 5) is 3.98. The number of benzene rings is 1. The monoisotopic (exact) mass is 251 g/mol. The fraction of sp³-hybridized carbons (Fsp3) is 0.167. The summed E-state index contributed by atoms with van der Waals surface area (Å²) in [6.45, 7) is 1.73. The van der Waals surface area contributed by atoms with E-state index in [0.29, 0.717) is 11.5 Å². The minimum atomic E-state index is -4.52. The Balaban J connectivity index is 2.57. The van der Waals surface area contributed by atoms with Gasteiger partial charge in [-0.2, -0.15) is 18.4 Å². The molecule has 0 radical (unpaired) electrons. The Hall–Kier alpha value is -2.29. The molecule has 0 amide bonds. The van der Waals surface area contributed by atoms with Crippen molar-refractivity contribution in [2.45, 2.75) is 13.1 Å². The van der Waals surface area contributed by atoms with Crippen LogP contribution in [-0.2, 0) is 6.18 Å². The smallest absolute Gasteiger partial charge is 0.304 e. The fourth-order valence-corrected chi connectivity index (χ4v) is 1.67. The molecular weight excluding hydrogens is 243 g/mol. The van der Waals surface area contributed by atoms with E-state index in [1.807, 2.05) is 0 Å². The number of nitrogens with zero attached hydrogens (tertiary/aromatic N) is 3. The van der Waals surface area contributed by atoms with Crippen LogP contribution in [0.25, 0.3) is 5.69 Å². The van der Waals surface area contributed by atoms with Crippen molar-refractivity contribution in [3.05, 3.63) is 47.5 Å². The maximum Gasteiger partial charge on any atom is 0.417 e. The van der Waals surface area contributed by atoms with Gasteiger partial charge in [-0.25, -0.2) is 4.98 Å². The van der Waals surface area contributed by atoms with Crippen molar-refractivity contribution in [3.63, 3.8) is 0 Å². The molecule has 0 atom stereocenters. The van der Waals surface area contributed by atoms with Gasteiger partial charge < -0.3 is 4.57 Å². The van der Waals surface area contributed by atoms with Gasteiger partial charge in [-0.3, -0.25) is 0 Å². The van der Waals surface area contributed by atoms with Gasteiger partial charge in [0.05, 0.1) is 17.2 Å². The second-order valence-electron chi connectivity index (χ2n) is 3.68. The lowest BCUT2D eigenvalue weighted by molar-refractivity contribution is -0.137. The third kappa shape index (κ3) is 2.07. The van der Waals surface area contributed by atoms with Crippen LogP contribution in [0.2, 0.25) is 0 Å². The molecule has 0 saturated heterocycles. The molecule has 0 aliphatic carbocycles. The third-order valence-electron chi connectivity index (χ3n) is 2.53. The zero-order valence-corrected chi connectivity index (χ0v) is 9.36. The van der Waals surface area contributed by atoms with E-state index in [0.717, 1.165) is 6.07 Å². The number of alkyl halides is 3. The van der Waals surface area contributed by atoms with Crippen LogP contribution in [-0.4, -0.2) is 9.55 Å². The summed E-state index contributed by atoms with van der Waals surface area (Å²) in [5.74, 6) is 0.638. The van der Waals surface area contributed by atoms with Crippen molar-refractivity contribution in [2.24, 2.45) is 0 Å². The van der Waals surface area contributed by atoms with Crippen molar-refractivity contribution in [1.29, 1.82) is 5.26 Å². The second kappa shape index (κ2) is 4.18. The molecule has 18 heavy (non-hydrogen) atoms. The van der Waals surface area contributed by atoms with Gasteiger partial charge in [-0.05, 0) is 25.1 Å². The first kappa shape index (κ1) is 12.2. The molecule has 3 nitrogen and oxygen atoms in total. The highest BCUT2D eigenvalue weighted by Gasteiger charge is 2.33. The van der Waals surface area contributed by atoms with Crippen LogP contribution >= 0.6 is 0 Å². The minimum absolute atomic E-state index is 0.395. The average Bonchev–Trinajstić information content (AvgIpc) is 2.73. The van der Waals surface area contributed by atoms with Gasteiger partial charge >= 0.3 is 6.18 Å². The van der Waals surface area contributed by atoms with Gasteiger partial charge in [0.15, 0.2) is 0 Å². The van der Waals surface area contributed by atoms with Crippen molar-refractivity contribution in [1.82, 2.24) is 9.55 Å². The lowest BCUT2D eigenvalue weighted by Gasteiger charge is -2.11. The number of halogens is 3. The highest BCUT2D eigenvalue weighted by Crippen LogP contribution is 2.32. The van der Waals surface area contributed by atoms with Gasteiger partial charge in [0, 0.05) is 18.1 Å². The predicted octanol–water partition coefficient (Wildman–Crippen LogP) is 3.07. The first-order chi connectivity index (χ1) is 8.43. The average molecular weight is 251 g/mol. The van der Waals surface area contributed by atoms with Crippen molar-refractivity contribution in [2.75, 3.05) is 0 Å². The Labute approximate surface area is 101 Å².